The lowest BCUT2D eigenvalue weighted by Crippen LogP contribution is -2.47. The van der Waals surface area contributed by atoms with E-state index in [2.05, 4.69) is 30.3 Å². The van der Waals surface area contributed by atoms with E-state index >= 15 is 0 Å². The molecule has 2 rings (SSSR count). The Morgan fingerprint density at radius 1 is 1.30 bits per heavy atom. The highest BCUT2D eigenvalue weighted by molar-refractivity contribution is 8.00. The average Bonchev–Trinajstić information content (AvgIpc) is 2.77. The molecule has 1 saturated heterocycles. The second-order valence-electron chi connectivity index (χ2n) is 6.35. The quantitative estimate of drug-likeness (QED) is 0.816. The first-order valence-corrected chi connectivity index (χ1v) is 9.50. The molecule has 2 fully saturated rings. The topological polar surface area (TPSA) is 32.3 Å². The third-order valence-corrected chi connectivity index (χ3v) is 6.38. The van der Waals surface area contributed by atoms with Gasteiger partial charge in [0.15, 0.2) is 0 Å². The normalized spacial score (nSPS) is 29.9. The molecule has 4 heteroatoms. The zero-order valence-corrected chi connectivity index (χ0v) is 14.1. The van der Waals surface area contributed by atoms with E-state index in [1.54, 1.807) is 0 Å². The predicted octanol–water partition coefficient (Wildman–Crippen LogP) is 3.39. The molecule has 0 aromatic heterocycles. The zero-order valence-electron chi connectivity index (χ0n) is 13.3. The van der Waals surface area contributed by atoms with Crippen molar-refractivity contribution in [3.05, 3.63) is 0 Å². The van der Waals surface area contributed by atoms with E-state index in [1.807, 2.05) is 11.8 Å². The highest BCUT2D eigenvalue weighted by Crippen LogP contribution is 2.40. The molecular formula is C16H30N2OS. The molecule has 1 heterocycles. The van der Waals surface area contributed by atoms with Crippen molar-refractivity contribution in [3.63, 3.8) is 0 Å². The maximum absolute atomic E-state index is 12.6. The van der Waals surface area contributed by atoms with Crippen molar-refractivity contribution in [2.75, 3.05) is 12.8 Å². The van der Waals surface area contributed by atoms with Crippen LogP contribution in [0.15, 0.2) is 0 Å². The molecule has 0 spiro atoms. The molecule has 0 bridgehead atoms. The average molecular weight is 298 g/mol. The molecule has 1 aliphatic heterocycles. The molecule has 1 aliphatic carbocycles. The summed E-state index contributed by atoms with van der Waals surface area (Å²) in [5.74, 6) is 0.338. The first-order valence-electron chi connectivity index (χ1n) is 8.27. The summed E-state index contributed by atoms with van der Waals surface area (Å²) >= 11 is 1.99. The van der Waals surface area contributed by atoms with Crippen LogP contribution in [0.25, 0.3) is 0 Å². The highest BCUT2D eigenvalue weighted by Gasteiger charge is 2.42. The number of nitrogens with zero attached hydrogens (tertiary/aromatic N) is 1. The van der Waals surface area contributed by atoms with Gasteiger partial charge in [0.25, 0.3) is 0 Å². The number of carbonyl (C=O) groups is 1. The Hall–Kier alpha value is -0.220. The van der Waals surface area contributed by atoms with E-state index < -0.39 is 0 Å². The predicted molar refractivity (Wildman–Crippen MR) is 87.0 cm³/mol. The van der Waals surface area contributed by atoms with Gasteiger partial charge in [-0.1, -0.05) is 39.5 Å². The lowest BCUT2D eigenvalue weighted by molar-refractivity contribution is -0.130. The van der Waals surface area contributed by atoms with Gasteiger partial charge in [-0.2, -0.15) is 11.8 Å². The lowest BCUT2D eigenvalue weighted by Gasteiger charge is -2.40. The summed E-state index contributed by atoms with van der Waals surface area (Å²) in [6.45, 7) is 5.25. The van der Waals surface area contributed by atoms with E-state index in [9.17, 15) is 4.79 Å². The minimum atomic E-state index is 0.0500. The first kappa shape index (κ1) is 16.2. The van der Waals surface area contributed by atoms with Crippen LogP contribution in [-0.2, 0) is 4.79 Å². The van der Waals surface area contributed by atoms with E-state index in [0.717, 1.165) is 25.8 Å². The second-order valence-corrected chi connectivity index (χ2v) is 7.62. The van der Waals surface area contributed by atoms with Crippen LogP contribution in [0.3, 0.4) is 0 Å². The van der Waals surface area contributed by atoms with E-state index in [0.29, 0.717) is 10.7 Å². The van der Waals surface area contributed by atoms with Crippen molar-refractivity contribution < 1.29 is 4.79 Å². The second kappa shape index (κ2) is 7.17. The zero-order chi connectivity index (χ0) is 14.6. The number of rotatable bonds is 6. The Labute approximate surface area is 128 Å². The third-order valence-electron chi connectivity index (χ3n) is 4.98. The molecule has 3 nitrogen and oxygen atoms in total. The molecule has 20 heavy (non-hydrogen) atoms. The first-order chi connectivity index (χ1) is 9.65. The van der Waals surface area contributed by atoms with Gasteiger partial charge in [0.1, 0.15) is 0 Å². The van der Waals surface area contributed by atoms with Gasteiger partial charge < -0.3 is 4.90 Å². The Kier molecular flexibility index (Phi) is 5.79. The number of thioether (sulfide) groups is 1. The molecule has 2 aliphatic rings. The van der Waals surface area contributed by atoms with E-state index in [4.69, 9.17) is 0 Å². The van der Waals surface area contributed by atoms with Gasteiger partial charge in [0.2, 0.25) is 5.91 Å². The lowest BCUT2D eigenvalue weighted by atomic mass is 9.87. The number of hydrogen-bond acceptors (Lipinski definition) is 3. The molecule has 2 unspecified atom stereocenters. The van der Waals surface area contributed by atoms with Crippen LogP contribution in [0.4, 0.5) is 0 Å². The van der Waals surface area contributed by atoms with Crippen molar-refractivity contribution in [2.24, 2.45) is 0 Å². The summed E-state index contributed by atoms with van der Waals surface area (Å²) in [7, 11) is 0. The summed E-state index contributed by atoms with van der Waals surface area (Å²) in [5.41, 5.74) is 0. The maximum atomic E-state index is 12.6. The number of nitrogens with one attached hydrogen (secondary N) is 1. The highest BCUT2D eigenvalue weighted by atomic mass is 32.2. The maximum Gasteiger partial charge on any atom is 0.241 e. The minimum absolute atomic E-state index is 0.0500. The summed E-state index contributed by atoms with van der Waals surface area (Å²) in [4.78, 5) is 14.8. The van der Waals surface area contributed by atoms with Gasteiger partial charge in [-0.3, -0.25) is 10.1 Å². The van der Waals surface area contributed by atoms with Gasteiger partial charge in [-0.15, -0.1) is 0 Å². The Bertz CT molecular complexity index is 328. The van der Waals surface area contributed by atoms with Crippen molar-refractivity contribution in [3.8, 4) is 0 Å². The summed E-state index contributed by atoms with van der Waals surface area (Å²) < 4.78 is 0.310. The minimum Gasteiger partial charge on any atom is -0.324 e. The molecule has 0 radical (unpaired) electrons. The fraction of sp³-hybridized carbons (Fsp3) is 0.938. The van der Waals surface area contributed by atoms with Crippen molar-refractivity contribution in [1.82, 2.24) is 10.2 Å². The molecule has 116 valence electrons. The van der Waals surface area contributed by atoms with Crippen molar-refractivity contribution in [1.29, 1.82) is 0 Å². The standard InChI is InChI=1S/C16H30N2OS/c1-4-9-14-17-13(5-2)15(19)18(14)12-16(20-3)10-7-6-8-11-16/h13-14,17H,4-12H2,1-3H3. The van der Waals surface area contributed by atoms with Gasteiger partial charge in [-0.05, 0) is 31.9 Å². The van der Waals surface area contributed by atoms with Crippen molar-refractivity contribution >= 4 is 17.7 Å². The molecule has 1 amide bonds. The summed E-state index contributed by atoms with van der Waals surface area (Å²) in [6, 6.07) is 0.0500. The van der Waals surface area contributed by atoms with E-state index in [1.165, 1.54) is 32.1 Å². The Morgan fingerprint density at radius 2 is 2.00 bits per heavy atom. The van der Waals surface area contributed by atoms with E-state index in [-0.39, 0.29) is 12.2 Å². The van der Waals surface area contributed by atoms with Crippen LogP contribution < -0.4 is 5.32 Å². The number of amides is 1. The molecular weight excluding hydrogens is 268 g/mol. The van der Waals surface area contributed by atoms with Crippen LogP contribution in [0.2, 0.25) is 0 Å². The molecule has 1 saturated carbocycles. The fourth-order valence-electron chi connectivity index (χ4n) is 3.67. The number of carbonyl (C=O) groups excluding carboxylic acids is 1. The third kappa shape index (κ3) is 3.33. The molecule has 2 atom stereocenters. The van der Waals surface area contributed by atoms with Crippen molar-refractivity contribution in [2.45, 2.75) is 82.2 Å². The number of hydrogen-bond donors (Lipinski definition) is 1. The largest absolute Gasteiger partial charge is 0.324 e. The monoisotopic (exact) mass is 298 g/mol. The summed E-state index contributed by atoms with van der Waals surface area (Å²) in [6.07, 6.45) is 12.2. The van der Waals surface area contributed by atoms with Gasteiger partial charge >= 0.3 is 0 Å². The smallest absolute Gasteiger partial charge is 0.241 e. The van der Waals surface area contributed by atoms with Crippen LogP contribution in [0.5, 0.6) is 0 Å². The Morgan fingerprint density at radius 3 is 2.55 bits per heavy atom. The SMILES string of the molecule is CCCC1NC(CC)C(=O)N1CC1(SC)CCCCC1. The van der Waals surface area contributed by atoms with Gasteiger partial charge in [0.05, 0.1) is 12.2 Å². The molecule has 1 N–H and O–H groups in total. The van der Waals surface area contributed by atoms with Crippen LogP contribution >= 0.6 is 11.8 Å². The molecule has 0 aromatic carbocycles. The molecule has 0 aromatic rings. The van der Waals surface area contributed by atoms with Gasteiger partial charge in [0, 0.05) is 11.3 Å². The van der Waals surface area contributed by atoms with Gasteiger partial charge in [-0.25, -0.2) is 0 Å². The van der Waals surface area contributed by atoms with Crippen LogP contribution in [-0.4, -0.2) is 40.6 Å². The Balaban J connectivity index is 2.09. The fourth-order valence-corrected chi connectivity index (χ4v) is 4.64. The van der Waals surface area contributed by atoms with Crippen LogP contribution in [0.1, 0.15) is 65.2 Å². The van der Waals surface area contributed by atoms with Crippen LogP contribution in [0, 0.1) is 0 Å². The summed E-state index contributed by atoms with van der Waals surface area (Å²) in [5, 5.41) is 3.54.